The molecule has 0 nitrogen and oxygen atoms in total. The minimum Gasteiger partial charge on any atom is -1.00 e. The monoisotopic (exact) mass is 464 g/mol. The molecule has 138 valence electrons. The molecule has 3 aliphatic carbocycles. The third kappa shape index (κ3) is 6.22. The topological polar surface area (TPSA) is 0 Å². The first-order valence-electron chi connectivity index (χ1n) is 9.02. The van der Waals surface area contributed by atoms with Crippen LogP contribution in [0.25, 0.3) is 5.57 Å². The Kier molecular flexibility index (Phi) is 12.3. The molecule has 0 amide bonds. The number of halogens is 2. The van der Waals surface area contributed by atoms with Gasteiger partial charge in [0.25, 0.3) is 0 Å². The molecule has 0 saturated carbocycles. The molecule has 3 aliphatic rings. The summed E-state index contributed by atoms with van der Waals surface area (Å²) in [6, 6.07) is 8.69. The summed E-state index contributed by atoms with van der Waals surface area (Å²) in [7, 11) is 0. The van der Waals surface area contributed by atoms with Crippen molar-refractivity contribution in [3.05, 3.63) is 70.7 Å². The Morgan fingerprint density at radius 2 is 1.69 bits per heavy atom. The fourth-order valence-electron chi connectivity index (χ4n) is 3.88. The third-order valence-corrected chi connectivity index (χ3v) is 5.23. The van der Waals surface area contributed by atoms with Crippen molar-refractivity contribution in [2.75, 3.05) is 0 Å². The molecule has 1 aromatic rings. The van der Waals surface area contributed by atoms with Crippen LogP contribution in [0.15, 0.2) is 47.6 Å². The standard InChI is InChI=1S/C13H15.C10H13.2ClH.Zr/c1-9(2)13-8-10(3)11-6-4-5-7-12(11)13;1-2-5-9-7-4-8-10(9)6-3-1;;;/h4-8,13H,1-3H3;7H,1-3,5-6,8H2;2*1H;/q2*-1;;;+4/p-2. The van der Waals surface area contributed by atoms with Crippen molar-refractivity contribution in [3.8, 4) is 0 Å². The van der Waals surface area contributed by atoms with E-state index in [1.165, 1.54) is 54.7 Å². The van der Waals surface area contributed by atoms with Crippen LogP contribution in [0.4, 0.5) is 0 Å². The number of benzene rings is 1. The van der Waals surface area contributed by atoms with Gasteiger partial charge in [0.05, 0.1) is 0 Å². The van der Waals surface area contributed by atoms with Gasteiger partial charge in [-0.2, -0.15) is 25.0 Å². The van der Waals surface area contributed by atoms with Crippen LogP contribution in [0.5, 0.6) is 0 Å². The molecule has 0 heterocycles. The summed E-state index contributed by atoms with van der Waals surface area (Å²) in [5.74, 6) is 2.03. The van der Waals surface area contributed by atoms with Crippen LogP contribution >= 0.6 is 0 Å². The van der Waals surface area contributed by atoms with E-state index in [9.17, 15) is 0 Å². The zero-order valence-electron chi connectivity index (χ0n) is 16.0. The number of fused-ring (bicyclic) bond motifs is 1. The van der Waals surface area contributed by atoms with Crippen molar-refractivity contribution < 1.29 is 51.0 Å². The van der Waals surface area contributed by atoms with Crippen LogP contribution in [0.3, 0.4) is 0 Å². The first-order valence-corrected chi connectivity index (χ1v) is 9.02. The molecule has 0 aromatic heterocycles. The molecule has 0 N–H and O–H groups in total. The average Bonchev–Trinajstić information content (AvgIpc) is 3.07. The molecule has 0 saturated heterocycles. The fraction of sp³-hybridized carbons (Fsp3) is 0.435. The van der Waals surface area contributed by atoms with Gasteiger partial charge in [0, 0.05) is 0 Å². The zero-order chi connectivity index (χ0) is 16.2. The van der Waals surface area contributed by atoms with E-state index in [-0.39, 0.29) is 51.0 Å². The quantitative estimate of drug-likeness (QED) is 0.538. The minimum atomic E-state index is 0. The van der Waals surface area contributed by atoms with Crippen LogP contribution in [-0.2, 0) is 26.2 Å². The smallest absolute Gasteiger partial charge is 1.00 e. The number of allylic oxidation sites excluding steroid dienone is 6. The maximum absolute atomic E-state index is 3.29. The van der Waals surface area contributed by atoms with Crippen molar-refractivity contribution in [1.82, 2.24) is 0 Å². The molecule has 0 aliphatic heterocycles. The molecule has 0 bridgehead atoms. The van der Waals surface area contributed by atoms with E-state index in [1.54, 1.807) is 11.1 Å². The van der Waals surface area contributed by atoms with Crippen LogP contribution in [0.2, 0.25) is 0 Å². The van der Waals surface area contributed by atoms with E-state index < -0.39 is 0 Å². The summed E-state index contributed by atoms with van der Waals surface area (Å²) in [6.45, 7) is 6.61. The summed E-state index contributed by atoms with van der Waals surface area (Å²) < 4.78 is 0. The van der Waals surface area contributed by atoms with E-state index in [2.05, 4.69) is 63.3 Å². The molecule has 26 heavy (non-hydrogen) atoms. The number of rotatable bonds is 1. The van der Waals surface area contributed by atoms with Crippen LogP contribution < -0.4 is 24.8 Å². The molecule has 1 unspecified atom stereocenters. The largest absolute Gasteiger partial charge is 4.00 e. The Morgan fingerprint density at radius 3 is 2.42 bits per heavy atom. The third-order valence-electron chi connectivity index (χ3n) is 5.23. The van der Waals surface area contributed by atoms with E-state index in [1.807, 2.05) is 0 Å². The minimum absolute atomic E-state index is 0. The van der Waals surface area contributed by atoms with Gasteiger partial charge >= 0.3 is 26.2 Å². The van der Waals surface area contributed by atoms with Gasteiger partial charge in [0.15, 0.2) is 0 Å². The van der Waals surface area contributed by atoms with Gasteiger partial charge in [-0.3, -0.25) is 6.08 Å². The Hall–Kier alpha value is -0.0969. The van der Waals surface area contributed by atoms with Gasteiger partial charge in [0.2, 0.25) is 0 Å². The molecule has 1 aromatic carbocycles. The second-order valence-corrected chi connectivity index (χ2v) is 7.21. The molecular formula is C23H28Cl2Zr. The maximum atomic E-state index is 3.29. The summed E-state index contributed by atoms with van der Waals surface area (Å²) in [5, 5.41) is 0. The summed E-state index contributed by atoms with van der Waals surface area (Å²) >= 11 is 0. The van der Waals surface area contributed by atoms with Gasteiger partial charge < -0.3 is 30.7 Å². The molecule has 3 heteroatoms. The normalized spacial score (nSPS) is 19.7. The average molecular weight is 467 g/mol. The van der Waals surface area contributed by atoms with Gasteiger partial charge in [-0.05, 0) is 24.5 Å². The molecule has 0 radical (unpaired) electrons. The van der Waals surface area contributed by atoms with Gasteiger partial charge in [-0.25, -0.2) is 6.08 Å². The summed E-state index contributed by atoms with van der Waals surface area (Å²) in [5.41, 5.74) is 7.60. The van der Waals surface area contributed by atoms with Gasteiger partial charge in [0.1, 0.15) is 0 Å². The van der Waals surface area contributed by atoms with E-state index in [0.29, 0.717) is 5.92 Å². The van der Waals surface area contributed by atoms with E-state index in [0.717, 1.165) is 6.42 Å². The van der Waals surface area contributed by atoms with E-state index in [4.69, 9.17) is 0 Å². The Balaban J connectivity index is 0.000000441. The first-order chi connectivity index (χ1) is 11.2. The van der Waals surface area contributed by atoms with Crippen molar-refractivity contribution in [1.29, 1.82) is 0 Å². The van der Waals surface area contributed by atoms with Crippen molar-refractivity contribution in [2.24, 2.45) is 0 Å². The first kappa shape index (κ1) is 25.9. The van der Waals surface area contributed by atoms with Crippen molar-refractivity contribution in [3.63, 3.8) is 0 Å². The molecule has 0 spiro atoms. The van der Waals surface area contributed by atoms with Crippen molar-refractivity contribution in [2.45, 2.75) is 65.2 Å². The maximum Gasteiger partial charge on any atom is 4.00 e. The second-order valence-electron chi connectivity index (χ2n) is 7.21. The zero-order valence-corrected chi connectivity index (χ0v) is 20.0. The Morgan fingerprint density at radius 1 is 1.00 bits per heavy atom. The predicted octanol–water partition coefficient (Wildman–Crippen LogP) is 0.817. The predicted molar refractivity (Wildman–Crippen MR) is 100.0 cm³/mol. The van der Waals surface area contributed by atoms with Gasteiger partial charge in [-0.15, -0.1) is 18.4 Å². The van der Waals surface area contributed by atoms with Crippen LogP contribution in [-0.4, -0.2) is 0 Å². The van der Waals surface area contributed by atoms with Crippen LogP contribution in [0.1, 0.15) is 76.3 Å². The summed E-state index contributed by atoms with van der Waals surface area (Å²) in [4.78, 5) is 0. The van der Waals surface area contributed by atoms with Gasteiger partial charge in [-0.1, -0.05) is 55.5 Å². The second kappa shape index (κ2) is 12.4. The Labute approximate surface area is 191 Å². The van der Waals surface area contributed by atoms with Crippen LogP contribution in [0, 0.1) is 12.0 Å². The van der Waals surface area contributed by atoms with Crippen molar-refractivity contribution >= 4 is 5.57 Å². The number of hydrogen-bond donors (Lipinski definition) is 0. The SMILES string of the molecule is CC1=CC([C-](C)C)c2ccccc21.[C-]1=CC2=C(C1)CCCCC2.[Cl-].[Cl-].[Zr+4]. The van der Waals surface area contributed by atoms with E-state index >= 15 is 0 Å². The molecule has 0 fully saturated rings. The number of hydrogen-bond acceptors (Lipinski definition) is 0. The molecular weight excluding hydrogens is 438 g/mol. The summed E-state index contributed by atoms with van der Waals surface area (Å²) in [6.07, 6.45) is 15.9. The fourth-order valence-corrected chi connectivity index (χ4v) is 3.88. The molecule has 1 atom stereocenters. The Bertz CT molecular complexity index is 656. The molecule has 4 rings (SSSR count).